The minimum atomic E-state index is -4.54. The SMILES string of the molecule is CCCCC/C=C\C/C=C\C/C=C\CCCCCCCCCOCC(COP(=O)([O-])OCC[N+](C)(C)C)OC(=O)CCCCCCCCCCCCCCC/C=C\C/C=C\CCCCCCC. The van der Waals surface area contributed by atoms with Gasteiger partial charge in [0, 0.05) is 13.0 Å². The number of unbranched alkanes of at least 4 members (excludes halogenated alkanes) is 28. The van der Waals surface area contributed by atoms with E-state index >= 15 is 0 Å². The molecule has 0 amide bonds. The molecule has 0 aromatic heterocycles. The molecule has 0 N–H and O–H groups in total. The number of rotatable bonds is 52. The van der Waals surface area contributed by atoms with Crippen molar-refractivity contribution < 1.29 is 37.3 Å². The Kier molecular flexibility index (Phi) is 49.2. The minimum absolute atomic E-state index is 0.0222. The third-order valence-electron chi connectivity index (χ3n) is 12.0. The van der Waals surface area contributed by atoms with E-state index in [1.165, 1.54) is 167 Å². The third kappa shape index (κ3) is 55.0. The van der Waals surface area contributed by atoms with Crippen molar-refractivity contribution >= 4 is 13.8 Å². The standard InChI is InChI=1S/C58H108NO7P/c1-6-8-10-12-14-16-18-20-22-24-26-28-29-30-31-32-33-35-37-39-41-43-45-47-49-51-58(60)66-57(56-65-67(61,62)64-54-52-59(3,4)5)55-63-53-50-48-46-44-42-40-38-36-34-27-25-23-21-19-17-15-13-11-9-7-2/h15,17-18,20-21,23-24,26-27,34,57H,6-14,16,19,22,25,28-33,35-56H2,1-5H3/b17-15-,20-18-,23-21-,26-24-,34-27-. The van der Waals surface area contributed by atoms with E-state index in [4.69, 9.17) is 18.5 Å². The summed E-state index contributed by atoms with van der Waals surface area (Å²) < 4.78 is 34.8. The van der Waals surface area contributed by atoms with Crippen molar-refractivity contribution in [3.8, 4) is 0 Å². The fourth-order valence-electron chi connectivity index (χ4n) is 7.70. The van der Waals surface area contributed by atoms with Crippen molar-refractivity contribution in [2.24, 2.45) is 0 Å². The zero-order valence-corrected chi connectivity index (χ0v) is 45.5. The molecule has 8 nitrogen and oxygen atoms in total. The van der Waals surface area contributed by atoms with Crippen molar-refractivity contribution in [2.45, 2.75) is 251 Å². The zero-order chi connectivity index (χ0) is 49.0. The van der Waals surface area contributed by atoms with Crippen LogP contribution >= 0.6 is 7.82 Å². The van der Waals surface area contributed by atoms with E-state index in [0.29, 0.717) is 24.1 Å². The lowest BCUT2D eigenvalue weighted by atomic mass is 10.0. The molecular weight excluding hydrogens is 854 g/mol. The second-order valence-electron chi connectivity index (χ2n) is 19.9. The second kappa shape index (κ2) is 50.6. The molecule has 67 heavy (non-hydrogen) atoms. The maximum atomic E-state index is 12.8. The zero-order valence-electron chi connectivity index (χ0n) is 44.6. The third-order valence-corrected chi connectivity index (χ3v) is 13.0. The number of carbonyl (C=O) groups excluding carboxylic acids is 1. The van der Waals surface area contributed by atoms with Gasteiger partial charge in [0.1, 0.15) is 19.3 Å². The van der Waals surface area contributed by atoms with Gasteiger partial charge in [-0.25, -0.2) is 0 Å². The maximum Gasteiger partial charge on any atom is 0.306 e. The monoisotopic (exact) mass is 962 g/mol. The number of quaternary nitrogens is 1. The van der Waals surface area contributed by atoms with Gasteiger partial charge in [0.2, 0.25) is 0 Å². The van der Waals surface area contributed by atoms with Gasteiger partial charge in [0.25, 0.3) is 7.82 Å². The Hall–Kier alpha value is -1.80. The molecule has 0 heterocycles. The normalized spacial score (nSPS) is 13.9. The first-order valence-corrected chi connectivity index (χ1v) is 29.5. The number of esters is 1. The Morgan fingerprint density at radius 1 is 0.463 bits per heavy atom. The van der Waals surface area contributed by atoms with Crippen LogP contribution < -0.4 is 4.89 Å². The number of phosphoric ester groups is 1. The number of carbonyl (C=O) groups is 1. The van der Waals surface area contributed by atoms with Crippen molar-refractivity contribution in [3.05, 3.63) is 60.8 Å². The van der Waals surface area contributed by atoms with Crippen LogP contribution in [0.25, 0.3) is 0 Å². The van der Waals surface area contributed by atoms with Gasteiger partial charge in [0.15, 0.2) is 0 Å². The Balaban J connectivity index is 4.10. The molecule has 0 fully saturated rings. The Morgan fingerprint density at radius 2 is 0.821 bits per heavy atom. The predicted molar refractivity (Wildman–Crippen MR) is 286 cm³/mol. The van der Waals surface area contributed by atoms with Gasteiger partial charge >= 0.3 is 5.97 Å². The van der Waals surface area contributed by atoms with E-state index in [1.54, 1.807) is 0 Å². The summed E-state index contributed by atoms with van der Waals surface area (Å²) in [4.78, 5) is 25.2. The number of likely N-dealkylation sites (N-methyl/N-ethyl adjacent to an activating group) is 1. The molecule has 2 atom stereocenters. The molecule has 0 saturated heterocycles. The second-order valence-corrected chi connectivity index (χ2v) is 21.3. The summed E-state index contributed by atoms with van der Waals surface area (Å²) >= 11 is 0. The van der Waals surface area contributed by atoms with Crippen molar-refractivity contribution in [1.82, 2.24) is 0 Å². The first-order chi connectivity index (χ1) is 32.6. The van der Waals surface area contributed by atoms with Crippen LogP contribution in [0.4, 0.5) is 0 Å². The molecule has 392 valence electrons. The van der Waals surface area contributed by atoms with E-state index in [0.717, 1.165) is 57.8 Å². The number of phosphoric acid groups is 1. The Labute approximate surface area is 415 Å². The van der Waals surface area contributed by atoms with Gasteiger partial charge in [-0.3, -0.25) is 9.36 Å². The lowest BCUT2D eigenvalue weighted by Gasteiger charge is -2.28. The van der Waals surface area contributed by atoms with Gasteiger partial charge in [-0.05, 0) is 83.5 Å². The highest BCUT2D eigenvalue weighted by Gasteiger charge is 2.20. The van der Waals surface area contributed by atoms with Gasteiger partial charge in [-0.1, -0.05) is 216 Å². The Bertz CT molecular complexity index is 1260. The molecule has 2 unspecified atom stereocenters. The van der Waals surface area contributed by atoms with Crippen LogP contribution in [0.1, 0.15) is 245 Å². The largest absolute Gasteiger partial charge is 0.756 e. The van der Waals surface area contributed by atoms with Crippen LogP contribution in [0.2, 0.25) is 0 Å². The average Bonchev–Trinajstić information content (AvgIpc) is 3.29. The fraction of sp³-hybridized carbons (Fsp3) is 0.810. The molecule has 0 aromatic carbocycles. The maximum absolute atomic E-state index is 12.8. The highest BCUT2D eigenvalue weighted by Crippen LogP contribution is 2.38. The summed E-state index contributed by atoms with van der Waals surface area (Å²) in [7, 11) is 1.35. The van der Waals surface area contributed by atoms with Gasteiger partial charge in [0.05, 0.1) is 34.4 Å². The number of allylic oxidation sites excluding steroid dienone is 10. The summed E-state index contributed by atoms with van der Waals surface area (Å²) in [5, 5.41) is 0. The summed E-state index contributed by atoms with van der Waals surface area (Å²) in [6.45, 7) is 5.38. The number of hydrogen-bond donors (Lipinski definition) is 0. The van der Waals surface area contributed by atoms with E-state index < -0.39 is 13.9 Å². The van der Waals surface area contributed by atoms with Crippen LogP contribution in [0.3, 0.4) is 0 Å². The topological polar surface area (TPSA) is 94.1 Å². The summed E-state index contributed by atoms with van der Waals surface area (Å²) in [5.41, 5.74) is 0. The van der Waals surface area contributed by atoms with Crippen LogP contribution in [-0.2, 0) is 27.9 Å². The molecule has 0 saturated carbocycles. The molecule has 0 aliphatic carbocycles. The molecule has 0 aliphatic rings. The quantitative estimate of drug-likeness (QED) is 0.0197. The van der Waals surface area contributed by atoms with Crippen LogP contribution in [0.15, 0.2) is 60.8 Å². The average molecular weight is 962 g/mol. The first kappa shape index (κ1) is 65.2. The smallest absolute Gasteiger partial charge is 0.306 e. The summed E-state index contributed by atoms with van der Waals surface area (Å²) in [5.74, 6) is -0.337. The lowest BCUT2D eigenvalue weighted by molar-refractivity contribution is -0.870. The number of ether oxygens (including phenoxy) is 2. The molecule has 0 radical (unpaired) electrons. The van der Waals surface area contributed by atoms with Gasteiger partial charge in [-0.2, -0.15) is 0 Å². The van der Waals surface area contributed by atoms with E-state index in [9.17, 15) is 14.3 Å². The van der Waals surface area contributed by atoms with E-state index in [2.05, 4.69) is 74.6 Å². The van der Waals surface area contributed by atoms with Crippen LogP contribution in [-0.4, -0.2) is 70.7 Å². The molecule has 0 aliphatic heterocycles. The van der Waals surface area contributed by atoms with Crippen molar-refractivity contribution in [1.29, 1.82) is 0 Å². The first-order valence-electron chi connectivity index (χ1n) is 28.0. The van der Waals surface area contributed by atoms with Crippen LogP contribution in [0, 0.1) is 0 Å². The molecule has 0 bridgehead atoms. The van der Waals surface area contributed by atoms with Gasteiger partial charge in [-0.15, -0.1) is 0 Å². The molecule has 0 spiro atoms. The number of nitrogens with zero attached hydrogens (tertiary/aromatic N) is 1. The minimum Gasteiger partial charge on any atom is -0.756 e. The van der Waals surface area contributed by atoms with E-state index in [-0.39, 0.29) is 25.8 Å². The highest BCUT2D eigenvalue weighted by atomic mass is 31.2. The van der Waals surface area contributed by atoms with Crippen molar-refractivity contribution in [3.63, 3.8) is 0 Å². The lowest BCUT2D eigenvalue weighted by Crippen LogP contribution is -2.37. The highest BCUT2D eigenvalue weighted by molar-refractivity contribution is 7.45. The Morgan fingerprint density at radius 3 is 1.25 bits per heavy atom. The molecule has 9 heteroatoms. The molecule has 0 rings (SSSR count). The number of hydrogen-bond acceptors (Lipinski definition) is 7. The fourth-order valence-corrected chi connectivity index (χ4v) is 8.43. The summed E-state index contributed by atoms with van der Waals surface area (Å²) in [6, 6.07) is 0. The van der Waals surface area contributed by atoms with Gasteiger partial charge < -0.3 is 27.9 Å². The van der Waals surface area contributed by atoms with Crippen molar-refractivity contribution in [2.75, 3.05) is 54.1 Å². The van der Waals surface area contributed by atoms with E-state index in [1.807, 2.05) is 21.1 Å². The molecular formula is C58H108NO7P. The molecule has 0 aromatic rings. The summed E-state index contributed by atoms with van der Waals surface area (Å²) in [6.07, 6.45) is 65.4. The van der Waals surface area contributed by atoms with Crippen LogP contribution in [0.5, 0.6) is 0 Å². The predicted octanol–water partition coefficient (Wildman–Crippen LogP) is 17.0.